The highest BCUT2D eigenvalue weighted by Crippen LogP contribution is 2.38. The summed E-state index contributed by atoms with van der Waals surface area (Å²) in [5.74, 6) is -4.42. The van der Waals surface area contributed by atoms with Gasteiger partial charge in [-0.25, -0.2) is 27.8 Å². The van der Waals surface area contributed by atoms with Gasteiger partial charge in [0.2, 0.25) is 5.88 Å². The average Bonchev–Trinajstić information content (AvgIpc) is 3.71. The number of rotatable bonds is 7. The van der Waals surface area contributed by atoms with Gasteiger partial charge in [-0.15, -0.1) is 0 Å². The van der Waals surface area contributed by atoms with Crippen LogP contribution in [0.2, 0.25) is 5.02 Å². The molecule has 272 valence electrons. The molecule has 0 unspecified atom stereocenters. The quantitative estimate of drug-likeness (QED) is 0.148. The van der Waals surface area contributed by atoms with Crippen molar-refractivity contribution in [3.8, 4) is 17.4 Å². The van der Waals surface area contributed by atoms with Crippen molar-refractivity contribution in [2.45, 2.75) is 51.8 Å². The van der Waals surface area contributed by atoms with Crippen LogP contribution in [0, 0.1) is 17.5 Å². The van der Waals surface area contributed by atoms with Crippen molar-refractivity contribution < 1.29 is 54.9 Å². The second-order valence-corrected chi connectivity index (χ2v) is 12.1. The van der Waals surface area contributed by atoms with Crippen LogP contribution in [0.4, 0.5) is 42.5 Å². The predicted octanol–water partition coefficient (Wildman–Crippen LogP) is 10.0. The number of pyridine rings is 1. The highest BCUT2D eigenvalue weighted by molar-refractivity contribution is 6.32. The van der Waals surface area contributed by atoms with E-state index in [1.807, 2.05) is 0 Å². The van der Waals surface area contributed by atoms with Crippen molar-refractivity contribution in [2.24, 2.45) is 0 Å². The van der Waals surface area contributed by atoms with Crippen LogP contribution in [0.25, 0.3) is 0 Å². The molecule has 2 heterocycles. The molecule has 6 rings (SSSR count). The first-order valence-corrected chi connectivity index (χ1v) is 16.0. The Hall–Kier alpha value is -5.57. The van der Waals surface area contributed by atoms with Gasteiger partial charge in [0.15, 0.2) is 5.76 Å². The second kappa shape index (κ2) is 15.8. The van der Waals surface area contributed by atoms with E-state index in [1.165, 1.54) is 30.5 Å². The molecule has 0 spiro atoms. The Bertz CT molecular complexity index is 2050. The standard InChI is InChI=1S/C19H11F5N2O2.C17H17ClFNO4/c20-12-6-7-16(15(21)10-12)26-17(27)14-5-2-8-25-18(14)28-13-4-1-3-11(9-13)19(22,23)24;1-9(2)15-16(21)20(17(22)24-15)13-8-14(11(18)7-12(13)19)23-10-5-3-4-6-10/h1-10H,(H,26,27);7-8,10H,3-6H2,1-2H3. The Balaban J connectivity index is 0.000000203. The molecule has 16 heteroatoms. The van der Waals surface area contributed by atoms with Gasteiger partial charge in [-0.1, -0.05) is 17.7 Å². The van der Waals surface area contributed by atoms with E-state index >= 15 is 0 Å². The van der Waals surface area contributed by atoms with Crippen molar-refractivity contribution in [3.63, 3.8) is 0 Å². The number of cyclic esters (lactones) is 1. The van der Waals surface area contributed by atoms with Crippen molar-refractivity contribution in [1.29, 1.82) is 0 Å². The fourth-order valence-corrected chi connectivity index (χ4v) is 5.32. The number of carbonyl (C=O) groups is 3. The largest absolute Gasteiger partial charge is 0.489 e. The first kappa shape index (κ1) is 37.7. The fraction of sp³-hybridized carbons (Fsp3) is 0.222. The summed E-state index contributed by atoms with van der Waals surface area (Å²) < 4.78 is 95.5. The molecule has 2 aliphatic rings. The maximum atomic E-state index is 14.3. The van der Waals surface area contributed by atoms with Crippen molar-refractivity contribution in [3.05, 3.63) is 118 Å². The Labute approximate surface area is 297 Å². The van der Waals surface area contributed by atoms with E-state index in [-0.39, 0.29) is 51.2 Å². The van der Waals surface area contributed by atoms with Crippen LogP contribution in [0.5, 0.6) is 17.4 Å². The number of benzene rings is 3. The third kappa shape index (κ3) is 8.83. The van der Waals surface area contributed by atoms with Crippen LogP contribution < -0.4 is 19.7 Å². The minimum Gasteiger partial charge on any atom is -0.489 e. The number of aromatic nitrogens is 1. The Morgan fingerprint density at radius 2 is 1.69 bits per heavy atom. The third-order valence-corrected chi connectivity index (χ3v) is 7.93. The summed E-state index contributed by atoms with van der Waals surface area (Å²) in [6, 6.07) is 11.7. The average molecular weight is 748 g/mol. The Morgan fingerprint density at radius 3 is 2.35 bits per heavy atom. The lowest BCUT2D eigenvalue weighted by atomic mass is 10.2. The lowest BCUT2D eigenvalue weighted by Crippen LogP contribution is -2.29. The Morgan fingerprint density at radius 1 is 0.962 bits per heavy atom. The van der Waals surface area contributed by atoms with Crippen molar-refractivity contribution in [1.82, 2.24) is 4.98 Å². The lowest BCUT2D eigenvalue weighted by molar-refractivity contribution is -0.137. The molecule has 1 saturated heterocycles. The van der Waals surface area contributed by atoms with Crippen LogP contribution >= 0.6 is 11.6 Å². The number of hydrogen-bond acceptors (Lipinski definition) is 7. The molecule has 4 aromatic rings. The molecule has 3 aromatic carbocycles. The predicted molar refractivity (Wildman–Crippen MR) is 177 cm³/mol. The number of allylic oxidation sites excluding steroid dienone is 1. The molecule has 0 atom stereocenters. The van der Waals surface area contributed by atoms with E-state index in [0.717, 1.165) is 62.1 Å². The number of alkyl halides is 3. The number of halogens is 7. The van der Waals surface area contributed by atoms with Crippen LogP contribution in [0.15, 0.2) is 84.3 Å². The molecule has 0 bridgehead atoms. The number of hydrogen-bond donors (Lipinski definition) is 1. The molecular formula is C36H28ClF6N3O6. The number of nitrogens with zero attached hydrogens (tertiary/aromatic N) is 2. The summed E-state index contributed by atoms with van der Waals surface area (Å²) in [6.45, 7) is 3.27. The van der Waals surface area contributed by atoms with Gasteiger partial charge in [-0.2, -0.15) is 13.2 Å². The van der Waals surface area contributed by atoms with Gasteiger partial charge in [0.25, 0.3) is 5.91 Å². The normalized spacial score (nSPS) is 14.5. The molecule has 9 nitrogen and oxygen atoms in total. The number of carbonyl (C=O) groups excluding carboxylic acids is 3. The van der Waals surface area contributed by atoms with Gasteiger partial charge >= 0.3 is 18.2 Å². The summed E-state index contributed by atoms with van der Waals surface area (Å²) in [5.41, 5.74) is -1.05. The zero-order chi connectivity index (χ0) is 37.7. The molecule has 1 saturated carbocycles. The van der Waals surface area contributed by atoms with E-state index in [9.17, 15) is 40.7 Å². The van der Waals surface area contributed by atoms with E-state index in [0.29, 0.717) is 16.5 Å². The van der Waals surface area contributed by atoms with Gasteiger partial charge in [0.1, 0.15) is 34.5 Å². The smallest absolute Gasteiger partial charge is 0.427 e. The maximum absolute atomic E-state index is 14.3. The van der Waals surface area contributed by atoms with Crippen molar-refractivity contribution >= 4 is 40.9 Å². The summed E-state index contributed by atoms with van der Waals surface area (Å²) in [4.78, 5) is 41.3. The summed E-state index contributed by atoms with van der Waals surface area (Å²) in [6.07, 6.45) is -0.290. The second-order valence-electron chi connectivity index (χ2n) is 11.7. The summed E-state index contributed by atoms with van der Waals surface area (Å²) in [7, 11) is 0. The van der Waals surface area contributed by atoms with Gasteiger partial charge in [-0.05, 0) is 93.6 Å². The highest BCUT2D eigenvalue weighted by atomic mass is 35.5. The molecule has 0 radical (unpaired) electrons. The van der Waals surface area contributed by atoms with Gasteiger partial charge in [-0.3, -0.25) is 9.59 Å². The van der Waals surface area contributed by atoms with E-state index in [1.54, 1.807) is 13.8 Å². The van der Waals surface area contributed by atoms with Gasteiger partial charge < -0.3 is 19.5 Å². The molecule has 1 aliphatic carbocycles. The first-order valence-electron chi connectivity index (χ1n) is 15.6. The monoisotopic (exact) mass is 747 g/mol. The minimum absolute atomic E-state index is 0.00962. The number of nitrogens with one attached hydrogen (secondary N) is 1. The van der Waals surface area contributed by atoms with E-state index in [4.69, 9.17) is 25.8 Å². The topological polar surface area (TPSA) is 107 Å². The molecule has 1 N–H and O–H groups in total. The molecule has 1 aliphatic heterocycles. The van der Waals surface area contributed by atoms with E-state index < -0.39 is 47.1 Å². The molecule has 3 amide bonds. The van der Waals surface area contributed by atoms with E-state index in [2.05, 4.69) is 10.3 Å². The number of amides is 3. The summed E-state index contributed by atoms with van der Waals surface area (Å²) >= 11 is 6.04. The molecule has 2 fully saturated rings. The first-order chi connectivity index (χ1) is 24.6. The number of ether oxygens (including phenoxy) is 3. The van der Waals surface area contributed by atoms with Crippen LogP contribution in [0.3, 0.4) is 0 Å². The van der Waals surface area contributed by atoms with Crippen LogP contribution in [-0.2, 0) is 15.7 Å². The lowest BCUT2D eigenvalue weighted by Gasteiger charge is -2.18. The number of anilines is 2. The van der Waals surface area contributed by atoms with Crippen LogP contribution in [-0.4, -0.2) is 29.0 Å². The molecule has 1 aromatic heterocycles. The zero-order valence-corrected chi connectivity index (χ0v) is 28.1. The van der Waals surface area contributed by atoms with Gasteiger partial charge in [0.05, 0.1) is 28.1 Å². The zero-order valence-electron chi connectivity index (χ0n) is 27.3. The van der Waals surface area contributed by atoms with Crippen LogP contribution in [0.1, 0.15) is 55.5 Å². The SMILES string of the molecule is CC(C)=C1OC(=O)N(c2cc(OC3CCCC3)c(Cl)cc2F)C1=O.O=C(Nc1ccc(F)cc1F)c1cccnc1Oc1cccc(C(F)(F)F)c1. The third-order valence-electron chi connectivity index (χ3n) is 7.63. The number of imide groups is 1. The van der Waals surface area contributed by atoms with Gasteiger partial charge in [0, 0.05) is 18.3 Å². The fourth-order valence-electron chi connectivity index (χ4n) is 5.12. The van der Waals surface area contributed by atoms with Crippen molar-refractivity contribution in [2.75, 3.05) is 10.2 Å². The maximum Gasteiger partial charge on any atom is 0.427 e. The molecule has 52 heavy (non-hydrogen) atoms. The minimum atomic E-state index is -4.57. The molecular weight excluding hydrogens is 720 g/mol. The highest BCUT2D eigenvalue weighted by Gasteiger charge is 2.40. The Kier molecular flexibility index (Phi) is 11.4. The summed E-state index contributed by atoms with van der Waals surface area (Å²) in [5, 5.41) is 2.34.